The van der Waals surface area contributed by atoms with Crippen molar-refractivity contribution >= 4 is 11.9 Å². The van der Waals surface area contributed by atoms with Crippen molar-refractivity contribution in [2.75, 3.05) is 0 Å². The minimum absolute atomic E-state index is 0.137. The summed E-state index contributed by atoms with van der Waals surface area (Å²) in [5, 5.41) is 0. The summed E-state index contributed by atoms with van der Waals surface area (Å²) in [6.45, 7) is 0. The molecule has 0 aromatic rings. The molecule has 5 aliphatic rings. The number of ether oxygens (including phenoxy) is 1. The van der Waals surface area contributed by atoms with E-state index >= 15 is 0 Å². The molecule has 0 aromatic heterocycles. The van der Waals surface area contributed by atoms with Crippen LogP contribution in [0.15, 0.2) is 0 Å². The van der Waals surface area contributed by atoms with Gasteiger partial charge in [0.1, 0.15) is 0 Å². The third-order valence-corrected chi connectivity index (χ3v) is 6.99. The molecular formula is C14H16O3. The van der Waals surface area contributed by atoms with Gasteiger partial charge in [0.05, 0.1) is 10.8 Å². The van der Waals surface area contributed by atoms with Gasteiger partial charge < -0.3 is 4.74 Å². The van der Waals surface area contributed by atoms with Crippen LogP contribution in [0.2, 0.25) is 0 Å². The number of hydrogen-bond acceptors (Lipinski definition) is 3. The molecule has 3 nitrogen and oxygen atoms in total. The lowest BCUT2D eigenvalue weighted by molar-refractivity contribution is -0.158. The highest BCUT2D eigenvalue weighted by Gasteiger charge is 2.87. The third kappa shape index (κ3) is 0.598. The molecule has 0 amide bonds. The van der Waals surface area contributed by atoms with E-state index in [-0.39, 0.29) is 22.8 Å². The quantitative estimate of drug-likeness (QED) is 0.473. The lowest BCUT2D eigenvalue weighted by Crippen LogP contribution is -2.53. The molecular weight excluding hydrogens is 216 g/mol. The average molecular weight is 232 g/mol. The average Bonchev–Trinajstić information content (AvgIpc) is 3.04. The maximum absolute atomic E-state index is 12.4. The van der Waals surface area contributed by atoms with Crippen molar-refractivity contribution in [3.63, 3.8) is 0 Å². The zero-order chi connectivity index (χ0) is 11.4. The van der Waals surface area contributed by atoms with Gasteiger partial charge in [-0.05, 0) is 62.2 Å². The Hall–Kier alpha value is -0.860. The first kappa shape index (κ1) is 9.12. The number of hydrogen-bond donors (Lipinski definition) is 0. The van der Waals surface area contributed by atoms with E-state index in [4.69, 9.17) is 4.74 Å². The monoisotopic (exact) mass is 232 g/mol. The van der Waals surface area contributed by atoms with Crippen molar-refractivity contribution in [2.24, 2.45) is 34.5 Å². The first-order valence-electron chi connectivity index (χ1n) is 6.99. The molecule has 4 bridgehead atoms. The molecule has 0 spiro atoms. The van der Waals surface area contributed by atoms with Gasteiger partial charge in [0, 0.05) is 0 Å². The van der Waals surface area contributed by atoms with Crippen LogP contribution in [0.4, 0.5) is 0 Å². The molecule has 17 heavy (non-hydrogen) atoms. The largest absolute Gasteiger partial charge is 0.392 e. The smallest absolute Gasteiger partial charge is 0.321 e. The Balaban J connectivity index is 1.87. The van der Waals surface area contributed by atoms with Gasteiger partial charge in [-0.15, -0.1) is 0 Å². The van der Waals surface area contributed by atoms with E-state index in [0.29, 0.717) is 23.7 Å². The predicted octanol–water partition coefficient (Wildman–Crippen LogP) is 1.90. The molecule has 0 aromatic carbocycles. The van der Waals surface area contributed by atoms with Crippen molar-refractivity contribution in [2.45, 2.75) is 38.5 Å². The summed E-state index contributed by atoms with van der Waals surface area (Å²) in [6.07, 6.45) is 6.84. The first-order valence-corrected chi connectivity index (χ1v) is 6.99. The molecule has 1 heterocycles. The highest BCUT2D eigenvalue weighted by atomic mass is 16.6. The van der Waals surface area contributed by atoms with Crippen LogP contribution in [0.25, 0.3) is 0 Å². The predicted molar refractivity (Wildman–Crippen MR) is 57.6 cm³/mol. The molecule has 5 fully saturated rings. The van der Waals surface area contributed by atoms with Gasteiger partial charge in [0.15, 0.2) is 0 Å². The number of cyclic esters (lactones) is 2. The summed E-state index contributed by atoms with van der Waals surface area (Å²) < 4.78 is 5.16. The Morgan fingerprint density at radius 3 is 1.47 bits per heavy atom. The summed E-state index contributed by atoms with van der Waals surface area (Å²) in [5.41, 5.74) is -0.703. The highest BCUT2D eigenvalue weighted by Crippen LogP contribution is 2.82. The molecule has 4 atom stereocenters. The van der Waals surface area contributed by atoms with Crippen LogP contribution < -0.4 is 0 Å². The van der Waals surface area contributed by atoms with Crippen LogP contribution in [0.3, 0.4) is 0 Å². The minimum Gasteiger partial charge on any atom is -0.392 e. The molecule has 90 valence electrons. The van der Waals surface area contributed by atoms with Crippen LogP contribution in [-0.4, -0.2) is 11.9 Å². The van der Waals surface area contributed by atoms with Crippen LogP contribution in [0.5, 0.6) is 0 Å². The van der Waals surface area contributed by atoms with Gasteiger partial charge in [0.25, 0.3) is 0 Å². The fourth-order valence-electron chi connectivity index (χ4n) is 6.89. The number of carbonyl (C=O) groups excluding carboxylic acids is 2. The summed E-state index contributed by atoms with van der Waals surface area (Å²) in [4.78, 5) is 24.8. The van der Waals surface area contributed by atoms with Crippen LogP contribution >= 0.6 is 0 Å². The number of carbonyl (C=O) groups is 2. The maximum Gasteiger partial charge on any atom is 0.321 e. The van der Waals surface area contributed by atoms with Gasteiger partial charge in [-0.3, -0.25) is 9.59 Å². The Labute approximate surface area is 99.9 Å². The Morgan fingerprint density at radius 2 is 1.12 bits per heavy atom. The summed E-state index contributed by atoms with van der Waals surface area (Å²) >= 11 is 0. The van der Waals surface area contributed by atoms with Crippen molar-refractivity contribution in [3.8, 4) is 0 Å². The van der Waals surface area contributed by atoms with Crippen molar-refractivity contribution in [1.82, 2.24) is 0 Å². The molecule has 0 N–H and O–H groups in total. The van der Waals surface area contributed by atoms with Gasteiger partial charge >= 0.3 is 11.9 Å². The molecule has 1 saturated heterocycles. The normalized spacial score (nSPS) is 61.9. The number of esters is 2. The fraction of sp³-hybridized carbons (Fsp3) is 0.857. The van der Waals surface area contributed by atoms with E-state index in [1.54, 1.807) is 0 Å². The summed E-state index contributed by atoms with van der Waals surface area (Å²) in [6, 6.07) is 0. The molecule has 0 radical (unpaired) electrons. The number of rotatable bonds is 0. The van der Waals surface area contributed by atoms with E-state index in [1.165, 1.54) is 0 Å². The van der Waals surface area contributed by atoms with Crippen LogP contribution in [0.1, 0.15) is 38.5 Å². The lowest BCUT2D eigenvalue weighted by atomic mass is 9.51. The van der Waals surface area contributed by atoms with Crippen LogP contribution in [-0.2, 0) is 14.3 Å². The van der Waals surface area contributed by atoms with E-state index in [2.05, 4.69) is 0 Å². The molecule has 1 aliphatic heterocycles. The lowest BCUT2D eigenvalue weighted by Gasteiger charge is -2.46. The second-order valence-corrected chi connectivity index (χ2v) is 6.83. The highest BCUT2D eigenvalue weighted by molar-refractivity contribution is 6.04. The van der Waals surface area contributed by atoms with Crippen molar-refractivity contribution in [3.05, 3.63) is 0 Å². The van der Waals surface area contributed by atoms with Crippen molar-refractivity contribution < 1.29 is 14.3 Å². The second kappa shape index (κ2) is 2.32. The van der Waals surface area contributed by atoms with Gasteiger partial charge in [-0.1, -0.05) is 0 Å². The SMILES string of the molecule is O=C1OC(=O)C23C4CCC(C4)C12C1CCC3C1. The Bertz CT molecular complexity index is 404. The van der Waals surface area contributed by atoms with Gasteiger partial charge in [0.2, 0.25) is 0 Å². The molecule has 3 heteroatoms. The third-order valence-electron chi connectivity index (χ3n) is 6.99. The van der Waals surface area contributed by atoms with E-state index in [0.717, 1.165) is 38.5 Å². The number of fused-ring (bicyclic) bond motifs is 4. The summed E-state index contributed by atoms with van der Waals surface area (Å²) in [7, 11) is 0. The molecule has 4 unspecified atom stereocenters. The molecule has 4 saturated carbocycles. The zero-order valence-corrected chi connectivity index (χ0v) is 9.78. The summed E-state index contributed by atoms with van der Waals surface area (Å²) in [5.74, 6) is 1.57. The Kier molecular flexibility index (Phi) is 1.24. The first-order chi connectivity index (χ1) is 8.22. The standard InChI is InChI=1S/C14H16O3/c15-11-13-7-1-2-8(5-7)14(13,12(16)17-11)10-4-3-9(13)6-10/h7-10H,1-6H2. The minimum atomic E-state index is -0.351. The maximum atomic E-state index is 12.4. The molecule has 4 aliphatic carbocycles. The van der Waals surface area contributed by atoms with Crippen LogP contribution in [0, 0.1) is 34.5 Å². The van der Waals surface area contributed by atoms with E-state index < -0.39 is 0 Å². The zero-order valence-electron chi connectivity index (χ0n) is 9.78. The van der Waals surface area contributed by atoms with Crippen molar-refractivity contribution in [1.29, 1.82) is 0 Å². The molecule has 5 rings (SSSR count). The van der Waals surface area contributed by atoms with Gasteiger partial charge in [-0.25, -0.2) is 0 Å². The van der Waals surface area contributed by atoms with E-state index in [1.807, 2.05) is 0 Å². The van der Waals surface area contributed by atoms with Gasteiger partial charge in [-0.2, -0.15) is 0 Å². The second-order valence-electron chi connectivity index (χ2n) is 6.83. The Morgan fingerprint density at radius 1 is 0.765 bits per heavy atom. The topological polar surface area (TPSA) is 43.4 Å². The van der Waals surface area contributed by atoms with E-state index in [9.17, 15) is 9.59 Å². The fourth-order valence-corrected chi connectivity index (χ4v) is 6.89.